The monoisotopic (exact) mass is 887 g/mol. The van der Waals surface area contributed by atoms with E-state index in [9.17, 15) is 44.6 Å². The number of hydrogen-bond donors (Lipinski definition) is 6. The van der Waals surface area contributed by atoms with Crippen LogP contribution in [0.5, 0.6) is 0 Å². The molecule has 354 valence electrons. The van der Waals surface area contributed by atoms with E-state index in [0.717, 1.165) is 89.9 Å². The minimum Gasteiger partial charge on any atom is -0.462 e. The minimum absolute atomic E-state index is 0.0947. The van der Waals surface area contributed by atoms with Gasteiger partial charge in [-0.05, 0) is 51.4 Å². The van der Waals surface area contributed by atoms with Crippen molar-refractivity contribution in [2.75, 3.05) is 13.2 Å². The van der Waals surface area contributed by atoms with Gasteiger partial charge in [0.2, 0.25) is 0 Å². The third-order valence-corrected chi connectivity index (χ3v) is 11.7. The summed E-state index contributed by atoms with van der Waals surface area (Å²) in [7, 11) is -5.12. The quantitative estimate of drug-likeness (QED) is 0.0148. The van der Waals surface area contributed by atoms with Crippen molar-refractivity contribution in [3.8, 4) is 0 Å². The maximum Gasteiger partial charge on any atom is 0.472 e. The summed E-state index contributed by atoms with van der Waals surface area (Å²) >= 11 is 0. The average Bonchev–Trinajstić information content (AvgIpc) is 3.24. The van der Waals surface area contributed by atoms with E-state index in [1.54, 1.807) is 0 Å². The zero-order valence-electron chi connectivity index (χ0n) is 37.4. The summed E-state index contributed by atoms with van der Waals surface area (Å²) in [6.07, 6.45) is 30.2. The van der Waals surface area contributed by atoms with E-state index < -0.39 is 75.7 Å². The van der Waals surface area contributed by atoms with Crippen molar-refractivity contribution in [1.82, 2.24) is 0 Å². The highest BCUT2D eigenvalue weighted by Gasteiger charge is 2.51. The van der Waals surface area contributed by atoms with Gasteiger partial charge in [0.25, 0.3) is 0 Å². The molecule has 8 atom stereocenters. The Kier molecular flexibility index (Phi) is 34.7. The predicted octanol–water partition coefficient (Wildman–Crippen LogP) is 9.17. The Labute approximate surface area is 367 Å². The number of unbranched alkanes of at least 4 members (excludes halogenated alkanes) is 18. The molecule has 0 amide bonds. The first-order valence-corrected chi connectivity index (χ1v) is 24.9. The van der Waals surface area contributed by atoms with Crippen LogP contribution in [0, 0.1) is 0 Å². The van der Waals surface area contributed by atoms with Gasteiger partial charge in [0.05, 0.1) is 6.61 Å². The van der Waals surface area contributed by atoms with Crippen molar-refractivity contribution in [2.45, 2.75) is 224 Å². The van der Waals surface area contributed by atoms with Crippen LogP contribution in [0.4, 0.5) is 0 Å². The van der Waals surface area contributed by atoms with Gasteiger partial charge in [-0.2, -0.15) is 0 Å². The Balaban J connectivity index is 2.44. The lowest BCUT2D eigenvalue weighted by atomic mass is 9.85. The Morgan fingerprint density at radius 2 is 0.934 bits per heavy atom. The lowest BCUT2D eigenvalue weighted by Gasteiger charge is -2.41. The van der Waals surface area contributed by atoms with Crippen LogP contribution in [0.15, 0.2) is 48.6 Å². The maximum atomic E-state index is 12.8. The van der Waals surface area contributed by atoms with Gasteiger partial charge in [-0.15, -0.1) is 0 Å². The molecule has 6 unspecified atom stereocenters. The lowest BCUT2D eigenvalue weighted by molar-refractivity contribution is -0.220. The zero-order chi connectivity index (χ0) is 45.0. The van der Waals surface area contributed by atoms with Crippen LogP contribution in [-0.4, -0.2) is 98.3 Å². The SMILES string of the molecule is CCC=CCC=CCC=CCC=CCCCCCCCCC(=O)OC[C@H](COP(=O)(O)OC1C(O)C(O)C(O)[C@@H](O)C1O)OC(=O)CCCCCCCCCCCCCCC. The van der Waals surface area contributed by atoms with Gasteiger partial charge in [-0.25, -0.2) is 4.57 Å². The van der Waals surface area contributed by atoms with Crippen LogP contribution in [0.3, 0.4) is 0 Å². The molecule has 1 saturated carbocycles. The van der Waals surface area contributed by atoms with Crippen LogP contribution in [0.25, 0.3) is 0 Å². The van der Waals surface area contributed by atoms with Gasteiger partial charge in [0, 0.05) is 12.8 Å². The molecule has 0 saturated heterocycles. The molecule has 0 bridgehead atoms. The van der Waals surface area contributed by atoms with Crippen molar-refractivity contribution in [2.24, 2.45) is 0 Å². The van der Waals surface area contributed by atoms with Gasteiger partial charge in [0.1, 0.15) is 43.2 Å². The van der Waals surface area contributed by atoms with Crippen molar-refractivity contribution in [1.29, 1.82) is 0 Å². The fourth-order valence-corrected chi connectivity index (χ4v) is 7.90. The van der Waals surface area contributed by atoms with Crippen molar-refractivity contribution < 1.29 is 63.1 Å². The number of phosphoric acid groups is 1. The molecule has 0 heterocycles. The Bertz CT molecular complexity index is 1250. The topological polar surface area (TPSA) is 210 Å². The van der Waals surface area contributed by atoms with Crippen molar-refractivity contribution in [3.05, 3.63) is 48.6 Å². The Morgan fingerprint density at radius 3 is 1.43 bits per heavy atom. The number of hydrogen-bond acceptors (Lipinski definition) is 12. The lowest BCUT2D eigenvalue weighted by Crippen LogP contribution is -2.64. The van der Waals surface area contributed by atoms with E-state index in [0.29, 0.717) is 12.8 Å². The highest BCUT2D eigenvalue weighted by atomic mass is 31.2. The van der Waals surface area contributed by atoms with Crippen molar-refractivity contribution >= 4 is 19.8 Å². The number of carbonyl (C=O) groups is 2. The highest BCUT2D eigenvalue weighted by Crippen LogP contribution is 2.47. The zero-order valence-corrected chi connectivity index (χ0v) is 38.3. The fraction of sp³-hybridized carbons (Fsp3) is 0.787. The molecule has 1 aliphatic carbocycles. The molecule has 0 aromatic rings. The fourth-order valence-electron chi connectivity index (χ4n) is 6.93. The Hall–Kier alpha value is -2.19. The second-order valence-corrected chi connectivity index (χ2v) is 17.6. The van der Waals surface area contributed by atoms with E-state index in [4.69, 9.17) is 18.5 Å². The largest absolute Gasteiger partial charge is 0.472 e. The number of aliphatic hydroxyl groups excluding tert-OH is 5. The molecule has 14 heteroatoms. The number of aliphatic hydroxyl groups is 5. The summed E-state index contributed by atoms with van der Waals surface area (Å²) in [5.74, 6) is -1.11. The average molecular weight is 887 g/mol. The summed E-state index contributed by atoms with van der Waals surface area (Å²) in [5.41, 5.74) is 0. The van der Waals surface area contributed by atoms with Crippen molar-refractivity contribution in [3.63, 3.8) is 0 Å². The van der Waals surface area contributed by atoms with Crippen LogP contribution in [0.2, 0.25) is 0 Å². The first-order valence-electron chi connectivity index (χ1n) is 23.4. The van der Waals surface area contributed by atoms with Gasteiger partial charge in [-0.3, -0.25) is 18.6 Å². The van der Waals surface area contributed by atoms with Crippen LogP contribution in [-0.2, 0) is 32.7 Å². The number of allylic oxidation sites excluding steroid dienone is 8. The molecule has 0 aromatic carbocycles. The predicted molar refractivity (Wildman–Crippen MR) is 239 cm³/mol. The standard InChI is InChI=1S/C47H83O13P/c1-3-5-7-9-11-13-15-17-18-19-20-21-22-24-25-27-29-31-33-35-40(48)57-37-39(38-58-61(55,56)60-47-45(53)43(51)42(50)44(52)46(47)54)59-41(49)36-34-32-30-28-26-23-16-14-12-10-8-6-4-2/h5,7,11,13,17-18,20-21,39,42-47,50-54H,3-4,6,8-10,12,14-16,19,22-38H2,1-2H3,(H,55,56)/t39-,42?,43-,44?,45?,46?,47?/m1/s1. The smallest absolute Gasteiger partial charge is 0.462 e. The molecule has 6 N–H and O–H groups in total. The summed E-state index contributed by atoms with van der Waals surface area (Å²) in [5, 5.41) is 50.1. The molecule has 0 aliphatic heterocycles. The van der Waals surface area contributed by atoms with Gasteiger partial charge < -0.3 is 39.9 Å². The summed E-state index contributed by atoms with van der Waals surface area (Å²) in [6, 6.07) is 0. The number of carbonyl (C=O) groups excluding carboxylic acids is 2. The normalized spacial score (nSPS) is 22.4. The molecule has 0 spiro atoms. The molecule has 0 aromatic heterocycles. The molecule has 1 fully saturated rings. The first kappa shape index (κ1) is 56.8. The van der Waals surface area contributed by atoms with Gasteiger partial charge in [0.15, 0.2) is 6.10 Å². The highest BCUT2D eigenvalue weighted by molar-refractivity contribution is 7.47. The second kappa shape index (κ2) is 37.2. The van der Waals surface area contributed by atoms with E-state index in [1.807, 2.05) is 0 Å². The molecular weight excluding hydrogens is 803 g/mol. The maximum absolute atomic E-state index is 12.8. The second-order valence-electron chi connectivity index (χ2n) is 16.2. The molecule has 1 aliphatic rings. The molecule has 1 rings (SSSR count). The van der Waals surface area contributed by atoms with Crippen LogP contribution < -0.4 is 0 Å². The van der Waals surface area contributed by atoms with Crippen LogP contribution >= 0.6 is 7.82 Å². The first-order chi connectivity index (χ1) is 29.4. The van der Waals surface area contributed by atoms with E-state index in [1.165, 1.54) is 51.4 Å². The van der Waals surface area contributed by atoms with Crippen LogP contribution in [0.1, 0.15) is 181 Å². The number of phosphoric ester groups is 1. The summed E-state index contributed by atoms with van der Waals surface area (Å²) in [6.45, 7) is 3.17. The van der Waals surface area contributed by atoms with E-state index in [2.05, 4.69) is 62.5 Å². The van der Waals surface area contributed by atoms with E-state index >= 15 is 0 Å². The molecule has 0 radical (unpaired) electrons. The molecule has 61 heavy (non-hydrogen) atoms. The number of esters is 2. The minimum atomic E-state index is -5.12. The third kappa shape index (κ3) is 29.7. The van der Waals surface area contributed by atoms with Gasteiger partial charge >= 0.3 is 19.8 Å². The van der Waals surface area contributed by atoms with E-state index in [-0.39, 0.29) is 12.8 Å². The summed E-state index contributed by atoms with van der Waals surface area (Å²) < 4.78 is 33.5. The number of ether oxygens (including phenoxy) is 2. The van der Waals surface area contributed by atoms with Gasteiger partial charge in [-0.1, -0.05) is 165 Å². The summed E-state index contributed by atoms with van der Waals surface area (Å²) in [4.78, 5) is 35.7. The third-order valence-electron chi connectivity index (χ3n) is 10.7. The molecule has 13 nitrogen and oxygen atoms in total. The number of rotatable bonds is 38. The molecular formula is C47H83O13P. The Morgan fingerprint density at radius 1 is 0.525 bits per heavy atom.